The minimum Gasteiger partial charge on any atom is -0.362 e. The van der Waals surface area contributed by atoms with Gasteiger partial charge in [-0.3, -0.25) is 0 Å². The zero-order chi connectivity index (χ0) is 14.1. The van der Waals surface area contributed by atoms with Crippen LogP contribution in [0.25, 0.3) is 0 Å². The molecule has 2 nitrogen and oxygen atoms in total. The summed E-state index contributed by atoms with van der Waals surface area (Å²) in [6.07, 6.45) is 2.11. The molecule has 0 bridgehead atoms. The molecule has 0 aliphatic carbocycles. The molecular formula is C16H19BrN2S. The zero-order valence-corrected chi connectivity index (χ0v) is 14.0. The van der Waals surface area contributed by atoms with Crippen molar-refractivity contribution in [3.8, 4) is 0 Å². The molecule has 2 N–H and O–H groups in total. The molecule has 0 saturated heterocycles. The van der Waals surface area contributed by atoms with E-state index in [0.717, 1.165) is 19.4 Å². The van der Waals surface area contributed by atoms with E-state index in [2.05, 4.69) is 64.2 Å². The number of anilines is 1. The van der Waals surface area contributed by atoms with Gasteiger partial charge < -0.3 is 10.6 Å². The summed E-state index contributed by atoms with van der Waals surface area (Å²) in [5, 5.41) is 0. The summed E-state index contributed by atoms with van der Waals surface area (Å²) in [5.74, 6) is 0. The first-order chi connectivity index (χ1) is 9.70. The van der Waals surface area contributed by atoms with Crippen molar-refractivity contribution in [2.45, 2.75) is 31.8 Å². The lowest BCUT2D eigenvalue weighted by molar-refractivity contribution is 0.504. The van der Waals surface area contributed by atoms with E-state index in [9.17, 15) is 0 Å². The molecule has 2 heterocycles. The molecule has 2 atom stereocenters. The van der Waals surface area contributed by atoms with Gasteiger partial charge in [0.1, 0.15) is 0 Å². The van der Waals surface area contributed by atoms with Gasteiger partial charge in [0.05, 0.1) is 9.83 Å². The normalized spacial score (nSPS) is 17.1. The van der Waals surface area contributed by atoms with Crippen molar-refractivity contribution in [2.75, 3.05) is 11.4 Å². The van der Waals surface area contributed by atoms with Crippen LogP contribution in [-0.4, -0.2) is 12.6 Å². The lowest BCUT2D eigenvalue weighted by Gasteiger charge is -2.33. The monoisotopic (exact) mass is 350 g/mol. The molecule has 0 saturated carbocycles. The molecule has 4 heteroatoms. The lowest BCUT2D eigenvalue weighted by Crippen LogP contribution is -2.39. The molecule has 1 aliphatic rings. The second-order valence-electron chi connectivity index (χ2n) is 5.23. The quantitative estimate of drug-likeness (QED) is 0.887. The van der Waals surface area contributed by atoms with Crippen molar-refractivity contribution < 1.29 is 0 Å². The average molecular weight is 351 g/mol. The Balaban J connectivity index is 1.99. The van der Waals surface area contributed by atoms with E-state index in [-0.39, 0.29) is 12.1 Å². The van der Waals surface area contributed by atoms with Crippen molar-refractivity contribution in [1.82, 2.24) is 0 Å². The van der Waals surface area contributed by atoms with E-state index in [0.29, 0.717) is 0 Å². The van der Waals surface area contributed by atoms with Gasteiger partial charge in [0.2, 0.25) is 0 Å². The molecule has 0 fully saturated rings. The fraction of sp³-hybridized carbons (Fsp3) is 0.375. The second-order valence-corrected chi connectivity index (χ2v) is 7.73. The molecule has 0 amide bonds. The molecule has 0 radical (unpaired) electrons. The summed E-state index contributed by atoms with van der Waals surface area (Å²) in [4.78, 5) is 3.84. The molecule has 106 valence electrons. The Labute approximate surface area is 132 Å². The first-order valence-electron chi connectivity index (χ1n) is 7.06. The zero-order valence-electron chi connectivity index (χ0n) is 11.6. The van der Waals surface area contributed by atoms with Crippen molar-refractivity contribution in [2.24, 2.45) is 5.73 Å². The van der Waals surface area contributed by atoms with Crippen LogP contribution >= 0.6 is 27.3 Å². The number of benzene rings is 1. The molecule has 2 aromatic rings. The van der Waals surface area contributed by atoms with E-state index >= 15 is 0 Å². The summed E-state index contributed by atoms with van der Waals surface area (Å²) in [6.45, 7) is 3.23. The fourth-order valence-corrected chi connectivity index (χ4v) is 4.57. The van der Waals surface area contributed by atoms with Gasteiger partial charge in [-0.15, -0.1) is 11.3 Å². The van der Waals surface area contributed by atoms with Gasteiger partial charge in [0.25, 0.3) is 0 Å². The Morgan fingerprint density at radius 1 is 1.30 bits per heavy atom. The fourth-order valence-electron chi connectivity index (χ4n) is 2.96. The van der Waals surface area contributed by atoms with Crippen LogP contribution in [0.2, 0.25) is 0 Å². The van der Waals surface area contributed by atoms with Gasteiger partial charge >= 0.3 is 0 Å². The van der Waals surface area contributed by atoms with Crippen molar-refractivity contribution in [1.29, 1.82) is 0 Å². The van der Waals surface area contributed by atoms with Crippen LogP contribution in [0.1, 0.15) is 29.8 Å². The molecule has 1 aliphatic heterocycles. The van der Waals surface area contributed by atoms with Crippen LogP contribution in [0, 0.1) is 0 Å². The molecule has 1 aromatic heterocycles. The minimum absolute atomic E-state index is 0.159. The SMILES string of the molecule is CCC(N)C(c1ccc(Br)s1)N1CCc2ccccc21. The van der Waals surface area contributed by atoms with Crippen LogP contribution in [-0.2, 0) is 6.42 Å². The summed E-state index contributed by atoms with van der Waals surface area (Å²) >= 11 is 5.37. The van der Waals surface area contributed by atoms with Gasteiger partial charge in [-0.2, -0.15) is 0 Å². The highest BCUT2D eigenvalue weighted by Crippen LogP contribution is 2.39. The molecule has 1 aromatic carbocycles. The minimum atomic E-state index is 0.159. The highest BCUT2D eigenvalue weighted by molar-refractivity contribution is 9.11. The molecule has 20 heavy (non-hydrogen) atoms. The third kappa shape index (κ3) is 2.52. The van der Waals surface area contributed by atoms with Crippen LogP contribution in [0.3, 0.4) is 0 Å². The number of nitrogens with two attached hydrogens (primary N) is 1. The highest BCUT2D eigenvalue weighted by atomic mass is 79.9. The summed E-state index contributed by atoms with van der Waals surface area (Å²) < 4.78 is 1.17. The first-order valence-corrected chi connectivity index (χ1v) is 8.67. The number of rotatable bonds is 4. The maximum absolute atomic E-state index is 6.45. The van der Waals surface area contributed by atoms with Crippen LogP contribution in [0.4, 0.5) is 5.69 Å². The Morgan fingerprint density at radius 2 is 2.10 bits per heavy atom. The van der Waals surface area contributed by atoms with Crippen molar-refractivity contribution in [3.63, 3.8) is 0 Å². The van der Waals surface area contributed by atoms with E-state index in [1.165, 1.54) is 19.9 Å². The van der Waals surface area contributed by atoms with Gasteiger partial charge in [0, 0.05) is 23.2 Å². The standard InChI is InChI=1S/C16H19BrN2S/c1-2-12(18)16(14-7-8-15(17)20-14)19-10-9-11-5-3-4-6-13(11)19/h3-8,12,16H,2,9-10,18H2,1H3. The van der Waals surface area contributed by atoms with E-state index in [1.54, 1.807) is 11.3 Å². The van der Waals surface area contributed by atoms with Crippen LogP contribution in [0.5, 0.6) is 0 Å². The maximum Gasteiger partial charge on any atom is 0.0786 e. The summed E-state index contributed by atoms with van der Waals surface area (Å²) in [7, 11) is 0. The third-order valence-corrected chi connectivity index (χ3v) is 5.72. The summed E-state index contributed by atoms with van der Waals surface area (Å²) in [6, 6.07) is 13.5. The lowest BCUT2D eigenvalue weighted by atomic mass is 10.0. The molecule has 3 rings (SSSR count). The maximum atomic E-state index is 6.45. The Kier molecular flexibility index (Phi) is 4.15. The van der Waals surface area contributed by atoms with Gasteiger partial charge in [-0.1, -0.05) is 25.1 Å². The number of para-hydroxylation sites is 1. The number of thiophene rings is 1. The Bertz CT molecular complexity index is 596. The smallest absolute Gasteiger partial charge is 0.0786 e. The van der Waals surface area contributed by atoms with E-state index in [4.69, 9.17) is 5.73 Å². The van der Waals surface area contributed by atoms with Crippen LogP contribution < -0.4 is 10.6 Å². The van der Waals surface area contributed by atoms with Gasteiger partial charge in [-0.25, -0.2) is 0 Å². The largest absolute Gasteiger partial charge is 0.362 e. The number of fused-ring (bicyclic) bond motifs is 1. The van der Waals surface area contributed by atoms with E-state index in [1.807, 2.05) is 0 Å². The highest BCUT2D eigenvalue weighted by Gasteiger charge is 2.31. The molecule has 0 spiro atoms. The van der Waals surface area contributed by atoms with Crippen molar-refractivity contribution in [3.05, 3.63) is 50.6 Å². The van der Waals surface area contributed by atoms with Gasteiger partial charge in [-0.05, 0) is 52.5 Å². The molecule has 2 unspecified atom stereocenters. The Morgan fingerprint density at radius 3 is 2.80 bits per heavy atom. The second kappa shape index (κ2) is 5.88. The predicted molar refractivity (Wildman–Crippen MR) is 90.5 cm³/mol. The van der Waals surface area contributed by atoms with Gasteiger partial charge in [0.15, 0.2) is 0 Å². The first kappa shape index (κ1) is 14.1. The predicted octanol–water partition coefficient (Wildman–Crippen LogP) is 4.35. The number of halogens is 1. The molecular weight excluding hydrogens is 332 g/mol. The van der Waals surface area contributed by atoms with E-state index < -0.39 is 0 Å². The number of hydrogen-bond donors (Lipinski definition) is 1. The summed E-state index contributed by atoms with van der Waals surface area (Å²) in [5.41, 5.74) is 9.24. The topological polar surface area (TPSA) is 29.3 Å². The van der Waals surface area contributed by atoms with Crippen LogP contribution in [0.15, 0.2) is 40.2 Å². The number of hydrogen-bond acceptors (Lipinski definition) is 3. The third-order valence-electron chi connectivity index (χ3n) is 4.02. The average Bonchev–Trinajstić information content (AvgIpc) is 3.07. The Hall–Kier alpha value is -0.840. The van der Waals surface area contributed by atoms with Crippen molar-refractivity contribution >= 4 is 33.0 Å². The number of nitrogens with zero attached hydrogens (tertiary/aromatic N) is 1.